The largest absolute Gasteiger partial charge is 0.496 e. The lowest BCUT2D eigenvalue weighted by Crippen LogP contribution is -2.39. The van der Waals surface area contributed by atoms with E-state index in [4.69, 9.17) is 14.5 Å². The molecule has 6 heteroatoms. The van der Waals surface area contributed by atoms with Crippen LogP contribution >= 0.6 is 15.9 Å². The topological polar surface area (TPSA) is 65.0 Å². The third-order valence-corrected chi connectivity index (χ3v) is 6.16. The van der Waals surface area contributed by atoms with E-state index in [1.54, 1.807) is 7.11 Å². The van der Waals surface area contributed by atoms with Gasteiger partial charge in [0.15, 0.2) is 5.78 Å². The van der Waals surface area contributed by atoms with Gasteiger partial charge in [-0.2, -0.15) is 0 Å². The van der Waals surface area contributed by atoms with Gasteiger partial charge in [-0.25, -0.2) is 0 Å². The molecule has 156 valence electrons. The molecule has 2 aliphatic rings. The number of ketones is 1. The first kappa shape index (κ1) is 21.8. The van der Waals surface area contributed by atoms with Gasteiger partial charge < -0.3 is 9.47 Å². The predicted molar refractivity (Wildman–Crippen MR) is 116 cm³/mol. The number of benzene rings is 1. The Morgan fingerprint density at radius 3 is 2.66 bits per heavy atom. The normalized spacial score (nSPS) is 23.4. The van der Waals surface area contributed by atoms with Crippen LogP contribution in [0.5, 0.6) is 5.75 Å². The van der Waals surface area contributed by atoms with Crippen LogP contribution in [0.4, 0.5) is 0 Å². The minimum absolute atomic E-state index is 0.0673. The molecule has 0 amide bonds. The minimum Gasteiger partial charge on any atom is -0.496 e. The Balaban J connectivity index is 2.15. The van der Waals surface area contributed by atoms with Crippen molar-refractivity contribution in [2.24, 2.45) is 16.3 Å². The lowest BCUT2D eigenvalue weighted by Gasteiger charge is -2.39. The molecule has 0 aromatic heterocycles. The SMILES string of the molecule is CCCOC(=O)C1C(C)=NC2=C(C(=O)CC(C)(C)C2)[C@H]1c1ccc(OC)c(Br)c1. The number of carbonyl (C=O) groups is 2. The first-order valence-electron chi connectivity index (χ1n) is 10.00. The molecule has 5 nitrogen and oxygen atoms in total. The van der Waals surface area contributed by atoms with Crippen LogP contribution in [0, 0.1) is 11.3 Å². The van der Waals surface area contributed by atoms with Crippen LogP contribution in [0.3, 0.4) is 0 Å². The van der Waals surface area contributed by atoms with Crippen molar-refractivity contribution in [3.63, 3.8) is 0 Å². The molecule has 0 bridgehead atoms. The predicted octanol–water partition coefficient (Wildman–Crippen LogP) is 5.23. The van der Waals surface area contributed by atoms with Crippen LogP contribution in [0.25, 0.3) is 0 Å². The van der Waals surface area contributed by atoms with E-state index in [9.17, 15) is 9.59 Å². The van der Waals surface area contributed by atoms with Crippen LogP contribution < -0.4 is 4.74 Å². The standard InChI is InChI=1S/C23H28BrNO4/c1-6-9-29-22(27)19-13(2)25-16-11-23(3,4)12-17(26)21(16)20(19)14-7-8-18(28-5)15(24)10-14/h7-8,10,19-20H,6,9,11-12H2,1-5H3/t19?,20-/m0/s1. The molecule has 1 unspecified atom stereocenters. The van der Waals surface area contributed by atoms with E-state index in [-0.39, 0.29) is 17.2 Å². The van der Waals surface area contributed by atoms with Crippen LogP contribution in [0.1, 0.15) is 58.4 Å². The first-order chi connectivity index (χ1) is 13.7. The molecule has 1 aromatic rings. The zero-order chi connectivity index (χ0) is 21.3. The van der Waals surface area contributed by atoms with Crippen molar-refractivity contribution in [2.45, 2.75) is 52.9 Å². The molecule has 1 aliphatic carbocycles. The zero-order valence-electron chi connectivity index (χ0n) is 17.7. The highest BCUT2D eigenvalue weighted by Crippen LogP contribution is 2.48. The number of allylic oxidation sites excluding steroid dienone is 2. The summed E-state index contributed by atoms with van der Waals surface area (Å²) in [6, 6.07) is 5.71. The van der Waals surface area contributed by atoms with Gasteiger partial charge in [-0.05, 0) is 58.8 Å². The Labute approximate surface area is 180 Å². The molecule has 1 heterocycles. The van der Waals surface area contributed by atoms with Gasteiger partial charge in [-0.1, -0.05) is 26.8 Å². The zero-order valence-corrected chi connectivity index (χ0v) is 19.3. The van der Waals surface area contributed by atoms with E-state index in [1.165, 1.54) is 0 Å². The minimum atomic E-state index is -0.606. The monoisotopic (exact) mass is 461 g/mol. The highest BCUT2D eigenvalue weighted by Gasteiger charge is 2.46. The Morgan fingerprint density at radius 1 is 1.31 bits per heavy atom. The van der Waals surface area contributed by atoms with Gasteiger partial charge in [-0.15, -0.1) is 0 Å². The number of nitrogens with zero attached hydrogens (tertiary/aromatic N) is 1. The summed E-state index contributed by atoms with van der Waals surface area (Å²) in [5, 5.41) is 0. The third-order valence-electron chi connectivity index (χ3n) is 5.54. The molecule has 0 N–H and O–H groups in total. The number of carbonyl (C=O) groups excluding carboxylic acids is 2. The maximum absolute atomic E-state index is 13.2. The fraction of sp³-hybridized carbons (Fsp3) is 0.522. The van der Waals surface area contributed by atoms with E-state index in [1.807, 2.05) is 32.0 Å². The van der Waals surface area contributed by atoms with Crippen molar-refractivity contribution < 1.29 is 19.1 Å². The lowest BCUT2D eigenvalue weighted by molar-refractivity contribution is -0.146. The second-order valence-electron chi connectivity index (χ2n) is 8.57. The van der Waals surface area contributed by atoms with Gasteiger partial charge in [0.1, 0.15) is 11.7 Å². The summed E-state index contributed by atoms with van der Waals surface area (Å²) in [7, 11) is 1.61. The van der Waals surface area contributed by atoms with Crippen LogP contribution in [-0.2, 0) is 14.3 Å². The molecule has 0 fully saturated rings. The number of halogens is 1. The van der Waals surface area contributed by atoms with Crippen LogP contribution in [0.2, 0.25) is 0 Å². The summed E-state index contributed by atoms with van der Waals surface area (Å²) >= 11 is 3.54. The van der Waals surface area contributed by atoms with Gasteiger partial charge in [0, 0.05) is 29.3 Å². The molecule has 1 aromatic carbocycles. The van der Waals surface area contributed by atoms with Crippen molar-refractivity contribution in [3.05, 3.63) is 39.5 Å². The number of hydrogen-bond donors (Lipinski definition) is 0. The second-order valence-corrected chi connectivity index (χ2v) is 9.43. The molecule has 2 atom stereocenters. The summed E-state index contributed by atoms with van der Waals surface area (Å²) in [4.78, 5) is 30.9. The number of methoxy groups -OCH3 is 1. The molecule has 29 heavy (non-hydrogen) atoms. The van der Waals surface area contributed by atoms with Gasteiger partial charge in [0.25, 0.3) is 0 Å². The number of hydrogen-bond acceptors (Lipinski definition) is 5. The molecule has 0 radical (unpaired) electrons. The molecular formula is C23H28BrNO4. The average Bonchev–Trinajstić information content (AvgIpc) is 2.63. The summed E-state index contributed by atoms with van der Waals surface area (Å²) in [6.07, 6.45) is 1.91. The fourth-order valence-electron chi connectivity index (χ4n) is 4.28. The molecule has 0 saturated carbocycles. The van der Waals surface area contributed by atoms with Crippen molar-refractivity contribution in [3.8, 4) is 5.75 Å². The van der Waals surface area contributed by atoms with Crippen molar-refractivity contribution in [1.82, 2.24) is 0 Å². The first-order valence-corrected chi connectivity index (χ1v) is 10.8. The Bertz CT molecular complexity index is 900. The van der Waals surface area contributed by atoms with E-state index in [0.29, 0.717) is 30.1 Å². The molecule has 0 saturated heterocycles. The number of rotatable bonds is 5. The summed E-state index contributed by atoms with van der Waals surface area (Å²) in [5.41, 5.74) is 2.91. The number of esters is 1. The Hall–Kier alpha value is -1.95. The van der Waals surface area contributed by atoms with Gasteiger partial charge in [0.05, 0.1) is 18.2 Å². The maximum Gasteiger partial charge on any atom is 0.315 e. The van der Waals surface area contributed by atoms with E-state index < -0.39 is 11.8 Å². The average molecular weight is 462 g/mol. The lowest BCUT2D eigenvalue weighted by atomic mass is 9.67. The highest BCUT2D eigenvalue weighted by atomic mass is 79.9. The quantitative estimate of drug-likeness (QED) is 0.563. The highest BCUT2D eigenvalue weighted by molar-refractivity contribution is 9.10. The van der Waals surface area contributed by atoms with Crippen molar-refractivity contribution in [2.75, 3.05) is 13.7 Å². The molecule has 3 rings (SSSR count). The second kappa shape index (κ2) is 8.42. The number of aliphatic imine (C=N–C) groups is 1. The molecular weight excluding hydrogens is 434 g/mol. The van der Waals surface area contributed by atoms with Crippen LogP contribution in [-0.4, -0.2) is 31.2 Å². The van der Waals surface area contributed by atoms with E-state index >= 15 is 0 Å². The van der Waals surface area contributed by atoms with Gasteiger partial charge in [-0.3, -0.25) is 14.6 Å². The maximum atomic E-state index is 13.2. The molecule has 1 aliphatic heterocycles. The summed E-state index contributed by atoms with van der Waals surface area (Å²) in [5.74, 6) is -0.569. The van der Waals surface area contributed by atoms with Crippen molar-refractivity contribution in [1.29, 1.82) is 0 Å². The Kier molecular flexibility index (Phi) is 6.32. The number of ether oxygens (including phenoxy) is 2. The van der Waals surface area contributed by atoms with E-state index in [0.717, 1.165) is 28.6 Å². The Morgan fingerprint density at radius 2 is 2.03 bits per heavy atom. The third kappa shape index (κ3) is 4.32. The van der Waals surface area contributed by atoms with Crippen molar-refractivity contribution >= 4 is 33.4 Å². The fourth-order valence-corrected chi connectivity index (χ4v) is 4.84. The van der Waals surface area contributed by atoms with Crippen LogP contribution in [0.15, 0.2) is 38.9 Å². The number of Topliss-reactive ketones (excluding diaryl/α,β-unsaturated/α-hetero) is 1. The van der Waals surface area contributed by atoms with E-state index in [2.05, 4.69) is 29.8 Å². The van der Waals surface area contributed by atoms with Gasteiger partial charge >= 0.3 is 5.97 Å². The van der Waals surface area contributed by atoms with Gasteiger partial charge in [0.2, 0.25) is 0 Å². The molecule has 0 spiro atoms. The summed E-state index contributed by atoms with van der Waals surface area (Å²) in [6.45, 7) is 8.34. The summed E-state index contributed by atoms with van der Waals surface area (Å²) < 4.78 is 11.6. The smallest absolute Gasteiger partial charge is 0.315 e.